The third-order valence-electron chi connectivity index (χ3n) is 1.87. The standard InChI is InChI=1S/C10H11N3OS.2CHN/c1-2-14-7-3-4-8-9(5-7)15-10(13-8)6-12-11;2*1-2/h3-6H,2,11H2,1H3;2*1H. The number of nitrogens with two attached hydrogens (primary N) is 1. The normalized spacial score (nSPS) is 9.11. The van der Waals surface area contributed by atoms with Crippen LogP contribution in [-0.4, -0.2) is 17.8 Å². The van der Waals surface area contributed by atoms with Gasteiger partial charge in [-0.3, -0.25) is 0 Å². The van der Waals surface area contributed by atoms with E-state index in [9.17, 15) is 0 Å². The molecular weight excluding hydrogens is 262 g/mol. The van der Waals surface area contributed by atoms with E-state index < -0.39 is 0 Å². The molecule has 0 aliphatic rings. The Bertz CT molecular complexity index is 567. The van der Waals surface area contributed by atoms with Crippen molar-refractivity contribution in [1.82, 2.24) is 4.98 Å². The maximum atomic E-state index is 6.50. The number of fused-ring (bicyclic) bond motifs is 1. The van der Waals surface area contributed by atoms with E-state index in [0.29, 0.717) is 6.61 Å². The van der Waals surface area contributed by atoms with Gasteiger partial charge in [-0.1, -0.05) is 0 Å². The van der Waals surface area contributed by atoms with E-state index in [2.05, 4.69) is 23.2 Å². The van der Waals surface area contributed by atoms with Crippen LogP contribution in [0.4, 0.5) is 0 Å². The summed E-state index contributed by atoms with van der Waals surface area (Å²) in [4.78, 5) is 4.34. The number of nitrogens with zero attached hydrogens (tertiary/aromatic N) is 4. The third kappa shape index (κ3) is 4.62. The van der Waals surface area contributed by atoms with E-state index in [1.165, 1.54) is 0 Å². The van der Waals surface area contributed by atoms with Crippen LogP contribution < -0.4 is 10.6 Å². The van der Waals surface area contributed by atoms with Gasteiger partial charge in [0.15, 0.2) is 0 Å². The van der Waals surface area contributed by atoms with Crippen molar-refractivity contribution in [2.24, 2.45) is 10.9 Å². The number of hydrazone groups is 1. The fourth-order valence-electron chi connectivity index (χ4n) is 1.30. The van der Waals surface area contributed by atoms with Crippen LogP contribution in [0.15, 0.2) is 23.3 Å². The predicted octanol–water partition coefficient (Wildman–Crippen LogP) is 2.27. The van der Waals surface area contributed by atoms with Crippen LogP contribution in [-0.2, 0) is 0 Å². The van der Waals surface area contributed by atoms with Crippen LogP contribution in [0.5, 0.6) is 5.75 Å². The van der Waals surface area contributed by atoms with Crippen molar-refractivity contribution in [2.75, 3.05) is 6.61 Å². The quantitative estimate of drug-likeness (QED) is 0.525. The number of benzene rings is 1. The smallest absolute Gasteiger partial charge is 0.137 e. The number of hydrogen-bond acceptors (Lipinski definition) is 7. The van der Waals surface area contributed by atoms with E-state index in [1.807, 2.05) is 25.1 Å². The first-order valence-electron chi connectivity index (χ1n) is 5.11. The monoisotopic (exact) mass is 275 g/mol. The molecule has 19 heavy (non-hydrogen) atoms. The van der Waals surface area contributed by atoms with Gasteiger partial charge in [0.1, 0.15) is 10.8 Å². The average Bonchev–Trinajstić information content (AvgIpc) is 2.86. The molecule has 0 amide bonds. The molecule has 0 saturated carbocycles. The lowest BCUT2D eigenvalue weighted by Crippen LogP contribution is -1.89. The maximum Gasteiger partial charge on any atom is 0.137 e. The van der Waals surface area contributed by atoms with E-state index in [0.717, 1.165) is 21.0 Å². The zero-order valence-electron chi connectivity index (χ0n) is 10.4. The first-order chi connectivity index (χ1) is 9.33. The Morgan fingerprint density at radius 3 is 2.68 bits per heavy atom. The Morgan fingerprint density at radius 1 is 1.42 bits per heavy atom. The van der Waals surface area contributed by atoms with Crippen LogP contribution in [0.3, 0.4) is 0 Å². The fraction of sp³-hybridized carbons (Fsp3) is 0.167. The SMILES string of the molecule is C#N.C#N.CCOc1ccc2nc(C=NN)sc2c1. The maximum absolute atomic E-state index is 6.50. The van der Waals surface area contributed by atoms with Gasteiger partial charge < -0.3 is 10.6 Å². The Morgan fingerprint density at radius 2 is 2.11 bits per heavy atom. The largest absolute Gasteiger partial charge is 0.494 e. The summed E-state index contributed by atoms with van der Waals surface area (Å²) >= 11 is 1.54. The molecule has 1 heterocycles. The molecule has 2 N–H and O–H groups in total. The van der Waals surface area contributed by atoms with Crippen molar-refractivity contribution in [3.05, 3.63) is 23.2 Å². The summed E-state index contributed by atoms with van der Waals surface area (Å²) in [7, 11) is 0. The van der Waals surface area contributed by atoms with Crippen LogP contribution in [0, 0.1) is 23.7 Å². The molecule has 1 aromatic heterocycles. The first kappa shape index (κ1) is 16.4. The molecule has 98 valence electrons. The number of rotatable bonds is 3. The first-order valence-corrected chi connectivity index (χ1v) is 5.93. The van der Waals surface area contributed by atoms with Gasteiger partial charge in [0.05, 0.1) is 23.0 Å². The Hall–Kier alpha value is -2.64. The molecule has 0 aliphatic carbocycles. The molecule has 0 bridgehead atoms. The van der Waals surface area contributed by atoms with E-state index in [1.54, 1.807) is 17.6 Å². The lowest BCUT2D eigenvalue weighted by molar-refractivity contribution is 0.341. The highest BCUT2D eigenvalue weighted by molar-refractivity contribution is 7.20. The summed E-state index contributed by atoms with van der Waals surface area (Å²) in [6.07, 6.45) is 1.55. The van der Waals surface area contributed by atoms with Gasteiger partial charge in [0, 0.05) is 13.1 Å². The average molecular weight is 275 g/mol. The molecule has 0 atom stereocenters. The molecule has 0 radical (unpaired) electrons. The van der Waals surface area contributed by atoms with Gasteiger partial charge in [0.2, 0.25) is 0 Å². The minimum atomic E-state index is 0.668. The highest BCUT2D eigenvalue weighted by atomic mass is 32.1. The van der Waals surface area contributed by atoms with Gasteiger partial charge in [-0.05, 0) is 25.1 Å². The second-order valence-corrected chi connectivity index (χ2v) is 3.96. The molecule has 0 unspecified atom stereocenters. The number of thiazole rings is 1. The lowest BCUT2D eigenvalue weighted by atomic mass is 10.3. The molecule has 2 rings (SSSR count). The number of aromatic nitrogens is 1. The predicted molar refractivity (Wildman–Crippen MR) is 75.9 cm³/mol. The lowest BCUT2D eigenvalue weighted by Gasteiger charge is -2.00. The summed E-state index contributed by atoms with van der Waals surface area (Å²) in [6.45, 7) is 9.63. The molecule has 1 aromatic carbocycles. The van der Waals surface area contributed by atoms with Gasteiger partial charge in [-0.25, -0.2) is 15.5 Å². The number of hydrogen-bond donors (Lipinski definition) is 1. The summed E-state index contributed by atoms with van der Waals surface area (Å²) in [5.41, 5.74) is 0.943. The summed E-state index contributed by atoms with van der Waals surface area (Å²) in [6, 6.07) is 5.82. The summed E-state index contributed by atoms with van der Waals surface area (Å²) in [5.74, 6) is 5.94. The zero-order chi connectivity index (χ0) is 14.7. The van der Waals surface area contributed by atoms with E-state index in [4.69, 9.17) is 21.1 Å². The van der Waals surface area contributed by atoms with E-state index in [-0.39, 0.29) is 0 Å². The van der Waals surface area contributed by atoms with Crippen LogP contribution in [0.25, 0.3) is 10.2 Å². The summed E-state index contributed by atoms with van der Waals surface area (Å²) in [5, 5.41) is 17.3. The minimum Gasteiger partial charge on any atom is -0.494 e. The van der Waals surface area contributed by atoms with Crippen molar-refractivity contribution in [3.63, 3.8) is 0 Å². The van der Waals surface area contributed by atoms with Gasteiger partial charge in [0.25, 0.3) is 0 Å². The van der Waals surface area contributed by atoms with Crippen molar-refractivity contribution in [3.8, 4) is 18.9 Å². The molecule has 2 aromatic rings. The number of nitriles is 2. The fourth-order valence-corrected chi connectivity index (χ4v) is 2.17. The molecule has 6 nitrogen and oxygen atoms in total. The molecule has 7 heteroatoms. The highest BCUT2D eigenvalue weighted by Crippen LogP contribution is 2.25. The van der Waals surface area contributed by atoms with Crippen molar-refractivity contribution >= 4 is 27.8 Å². The van der Waals surface area contributed by atoms with Crippen molar-refractivity contribution < 1.29 is 4.74 Å². The van der Waals surface area contributed by atoms with Crippen molar-refractivity contribution in [2.45, 2.75) is 6.92 Å². The minimum absolute atomic E-state index is 0.668. The van der Waals surface area contributed by atoms with Crippen LogP contribution >= 0.6 is 11.3 Å². The Kier molecular flexibility index (Phi) is 8.09. The number of ether oxygens (including phenoxy) is 1. The summed E-state index contributed by atoms with van der Waals surface area (Å²) < 4.78 is 6.48. The zero-order valence-corrected chi connectivity index (χ0v) is 11.2. The molecule has 0 fully saturated rings. The van der Waals surface area contributed by atoms with Crippen molar-refractivity contribution in [1.29, 1.82) is 10.5 Å². The Balaban J connectivity index is 0.000000741. The molecule has 0 spiro atoms. The third-order valence-corrected chi connectivity index (χ3v) is 2.83. The van der Waals surface area contributed by atoms with Gasteiger partial charge in [-0.15, -0.1) is 11.3 Å². The van der Waals surface area contributed by atoms with Gasteiger partial charge >= 0.3 is 0 Å². The molecular formula is C12H13N5OS. The molecule has 0 aliphatic heterocycles. The topological polar surface area (TPSA) is 108 Å². The highest BCUT2D eigenvalue weighted by Gasteiger charge is 2.03. The second kappa shape index (κ2) is 9.40. The Labute approximate surface area is 115 Å². The van der Waals surface area contributed by atoms with Crippen LogP contribution in [0.1, 0.15) is 11.9 Å². The van der Waals surface area contributed by atoms with Gasteiger partial charge in [-0.2, -0.15) is 5.10 Å². The molecule has 0 saturated heterocycles. The second-order valence-electron chi connectivity index (χ2n) is 2.89. The van der Waals surface area contributed by atoms with E-state index >= 15 is 0 Å². The van der Waals surface area contributed by atoms with Crippen LogP contribution in [0.2, 0.25) is 0 Å².